The van der Waals surface area contributed by atoms with Crippen LogP contribution >= 0.6 is 0 Å². The Balaban J connectivity index is 2.59. The van der Waals surface area contributed by atoms with Gasteiger partial charge in [-0.3, -0.25) is 0 Å². The molecule has 0 unspecified atom stereocenters. The topological polar surface area (TPSA) is 51.5 Å². The Morgan fingerprint density at radius 1 is 1.21 bits per heavy atom. The number of nitriles is 1. The van der Waals surface area contributed by atoms with Gasteiger partial charge < -0.3 is 14.2 Å². The van der Waals surface area contributed by atoms with Crippen molar-refractivity contribution in [2.75, 3.05) is 13.7 Å². The van der Waals surface area contributed by atoms with E-state index in [1.165, 1.54) is 12.7 Å². The van der Waals surface area contributed by atoms with Crippen LogP contribution in [0, 0.1) is 18.4 Å². The second kappa shape index (κ2) is 9.66. The summed E-state index contributed by atoms with van der Waals surface area (Å²) in [7, 11) is 1.53. The van der Waals surface area contributed by atoms with E-state index in [1.807, 2.05) is 19.1 Å². The summed E-state index contributed by atoms with van der Waals surface area (Å²) in [6.07, 6.45) is 5.65. The summed E-state index contributed by atoms with van der Waals surface area (Å²) in [5, 5.41) is 10.3. The molecule has 4 heteroatoms. The maximum atomic E-state index is 8.79. The molecule has 4 nitrogen and oxygen atoms in total. The molecule has 0 aromatic heterocycles. The van der Waals surface area contributed by atoms with Gasteiger partial charge in [0.25, 0.3) is 6.26 Å². The zero-order chi connectivity index (χ0) is 20.7. The number of nitrogens with zero attached hydrogens (tertiary/aromatic N) is 1. The zero-order valence-corrected chi connectivity index (χ0v) is 17.1. The van der Waals surface area contributed by atoms with Crippen LogP contribution in [-0.4, -0.2) is 13.7 Å². The third kappa shape index (κ3) is 4.55. The van der Waals surface area contributed by atoms with Crippen molar-refractivity contribution in [3.8, 4) is 23.5 Å². The zero-order valence-electron chi connectivity index (χ0n) is 17.1. The predicted molar refractivity (Wildman–Crippen MR) is 114 cm³/mol. The van der Waals surface area contributed by atoms with Gasteiger partial charge >= 0.3 is 0 Å². The first-order chi connectivity index (χ1) is 13.5. The van der Waals surface area contributed by atoms with Crippen LogP contribution in [0.3, 0.4) is 0 Å². The van der Waals surface area contributed by atoms with Crippen LogP contribution in [0.15, 0.2) is 30.8 Å². The van der Waals surface area contributed by atoms with Crippen molar-refractivity contribution >= 4 is 18.2 Å². The highest BCUT2D eigenvalue weighted by molar-refractivity contribution is 5.88. The first-order valence-electron chi connectivity index (χ1n) is 9.35. The summed E-state index contributed by atoms with van der Waals surface area (Å²) < 4.78 is 16.1. The van der Waals surface area contributed by atoms with Gasteiger partial charge in [-0.1, -0.05) is 38.6 Å². The van der Waals surface area contributed by atoms with Crippen molar-refractivity contribution in [1.82, 2.24) is 0 Å². The van der Waals surface area contributed by atoms with Crippen molar-refractivity contribution in [2.45, 2.75) is 33.6 Å². The third-order valence-electron chi connectivity index (χ3n) is 4.52. The number of allylic oxidation sites excluding steroid dienone is 1. The van der Waals surface area contributed by atoms with Gasteiger partial charge in [0.05, 0.1) is 13.7 Å². The quantitative estimate of drug-likeness (QED) is 0.650. The van der Waals surface area contributed by atoms with Crippen LogP contribution < -0.4 is 24.6 Å². The van der Waals surface area contributed by atoms with Gasteiger partial charge in [0, 0.05) is 5.22 Å². The van der Waals surface area contributed by atoms with Crippen molar-refractivity contribution in [3.63, 3.8) is 0 Å². The van der Waals surface area contributed by atoms with Gasteiger partial charge in [-0.2, -0.15) is 0 Å². The van der Waals surface area contributed by atoms with Crippen molar-refractivity contribution in [1.29, 1.82) is 5.26 Å². The monoisotopic (exact) mass is 377 g/mol. The number of methoxy groups -OCH3 is 1. The molecule has 0 saturated carbocycles. The molecule has 28 heavy (non-hydrogen) atoms. The molecule has 0 amide bonds. The van der Waals surface area contributed by atoms with Gasteiger partial charge in [-0.25, -0.2) is 0 Å². The van der Waals surface area contributed by atoms with E-state index in [0.29, 0.717) is 23.3 Å². The summed E-state index contributed by atoms with van der Waals surface area (Å²) in [5.74, 6) is 1.66. The molecule has 0 aliphatic heterocycles. The number of rotatable bonds is 8. The Kier molecular flexibility index (Phi) is 7.28. The minimum Gasteiger partial charge on any atom is -0.494 e. The van der Waals surface area contributed by atoms with Gasteiger partial charge in [0.1, 0.15) is 5.75 Å². The van der Waals surface area contributed by atoms with E-state index in [9.17, 15) is 0 Å². The molecule has 0 N–H and O–H groups in total. The average Bonchev–Trinajstić information content (AvgIpc) is 2.66. The highest BCUT2D eigenvalue weighted by Crippen LogP contribution is 2.29. The Bertz CT molecular complexity index is 1020. The van der Waals surface area contributed by atoms with Crippen LogP contribution in [0.4, 0.5) is 0 Å². The standard InChI is InChI=1S/C24H27NO3/c1-7-9-20-13-17(4)23(27-8-2)14-21(20)16(3)12-19-10-11-22(28-15-25)24(26-6)18(19)5/h10-14H,3,5,7-9H2,1-2,4,6H3/b19-12-. The lowest BCUT2D eigenvalue weighted by Gasteiger charge is -2.15. The number of hydrogen-bond acceptors (Lipinski definition) is 4. The molecule has 0 bridgehead atoms. The van der Waals surface area contributed by atoms with E-state index in [0.717, 1.165) is 40.5 Å². The van der Waals surface area contributed by atoms with Crippen LogP contribution in [0.1, 0.15) is 37.0 Å². The first-order valence-corrected chi connectivity index (χ1v) is 9.35. The minimum absolute atomic E-state index is 0.346. The van der Waals surface area contributed by atoms with Crippen LogP contribution in [0.25, 0.3) is 18.2 Å². The predicted octanol–water partition coefficient (Wildman–Crippen LogP) is 4.12. The summed E-state index contributed by atoms with van der Waals surface area (Å²) in [6.45, 7) is 15.2. The average molecular weight is 377 g/mol. The highest BCUT2D eigenvalue weighted by atomic mass is 16.5. The van der Waals surface area contributed by atoms with Crippen LogP contribution in [0.5, 0.6) is 17.2 Å². The Morgan fingerprint density at radius 2 is 1.96 bits per heavy atom. The fourth-order valence-corrected chi connectivity index (χ4v) is 3.21. The Labute approximate surface area is 167 Å². The van der Waals surface area contributed by atoms with Crippen molar-refractivity contribution < 1.29 is 14.2 Å². The minimum atomic E-state index is 0.346. The normalized spacial score (nSPS) is 11.0. The summed E-state index contributed by atoms with van der Waals surface area (Å²) in [6, 6.07) is 7.79. The molecule has 2 rings (SSSR count). The molecule has 2 aromatic carbocycles. The number of benzene rings is 2. The fourth-order valence-electron chi connectivity index (χ4n) is 3.21. The number of aryl methyl sites for hydroxylation is 2. The van der Waals surface area contributed by atoms with E-state index >= 15 is 0 Å². The van der Waals surface area contributed by atoms with Gasteiger partial charge in [0.15, 0.2) is 11.5 Å². The molecule has 0 radical (unpaired) electrons. The number of hydrogen-bond donors (Lipinski definition) is 0. The summed E-state index contributed by atoms with van der Waals surface area (Å²) in [4.78, 5) is 0. The molecular formula is C24H27NO3. The molecule has 0 saturated heterocycles. The highest BCUT2D eigenvalue weighted by Gasteiger charge is 2.11. The molecule has 0 aliphatic rings. The maximum Gasteiger partial charge on any atom is 0.292 e. The van der Waals surface area contributed by atoms with Crippen molar-refractivity contribution in [3.05, 3.63) is 58.0 Å². The molecular weight excluding hydrogens is 350 g/mol. The molecule has 146 valence electrons. The lowest BCUT2D eigenvalue weighted by atomic mass is 9.94. The van der Waals surface area contributed by atoms with Crippen LogP contribution in [0.2, 0.25) is 0 Å². The molecule has 0 spiro atoms. The SMILES string of the molecule is C=C(/C=c1/ccc(OC#N)c(OC)c1=C)c1cc(OCC)c(C)cc1CCC. The van der Waals surface area contributed by atoms with Crippen LogP contribution in [-0.2, 0) is 6.42 Å². The van der Waals surface area contributed by atoms with E-state index < -0.39 is 0 Å². The Hall–Kier alpha value is -3.19. The third-order valence-corrected chi connectivity index (χ3v) is 4.52. The largest absolute Gasteiger partial charge is 0.494 e. The smallest absolute Gasteiger partial charge is 0.292 e. The first kappa shape index (κ1) is 21.1. The lowest BCUT2D eigenvalue weighted by molar-refractivity contribution is 0.337. The Morgan fingerprint density at radius 3 is 2.57 bits per heavy atom. The lowest BCUT2D eigenvalue weighted by Crippen LogP contribution is -2.25. The van der Waals surface area contributed by atoms with E-state index in [4.69, 9.17) is 19.5 Å². The molecule has 0 fully saturated rings. The molecule has 0 atom stereocenters. The fraction of sp³-hybridized carbons (Fsp3) is 0.292. The van der Waals surface area contributed by atoms with E-state index in [1.54, 1.807) is 12.3 Å². The summed E-state index contributed by atoms with van der Waals surface area (Å²) in [5.41, 5.74) is 4.29. The van der Waals surface area contributed by atoms with E-state index in [2.05, 4.69) is 39.1 Å². The molecule has 0 aliphatic carbocycles. The maximum absolute atomic E-state index is 8.79. The molecule has 2 aromatic rings. The van der Waals surface area contributed by atoms with Gasteiger partial charge in [0.2, 0.25) is 0 Å². The van der Waals surface area contributed by atoms with Crippen molar-refractivity contribution in [2.24, 2.45) is 0 Å². The van der Waals surface area contributed by atoms with Gasteiger partial charge in [-0.05, 0) is 66.0 Å². The van der Waals surface area contributed by atoms with E-state index in [-0.39, 0.29) is 0 Å². The molecule has 0 heterocycles. The van der Waals surface area contributed by atoms with Gasteiger partial charge in [-0.15, -0.1) is 5.26 Å². The summed E-state index contributed by atoms with van der Waals surface area (Å²) >= 11 is 0. The number of ether oxygens (including phenoxy) is 3. The second-order valence-electron chi connectivity index (χ2n) is 6.49. The second-order valence-corrected chi connectivity index (χ2v) is 6.49.